The molecule has 1 saturated carbocycles. The van der Waals surface area contributed by atoms with Crippen molar-refractivity contribution in [3.8, 4) is 11.1 Å². The lowest BCUT2D eigenvalue weighted by molar-refractivity contribution is -0.142. The third-order valence-corrected chi connectivity index (χ3v) is 6.70. The fourth-order valence-corrected chi connectivity index (χ4v) is 4.71. The molecule has 2 aromatic carbocycles. The zero-order valence-electron chi connectivity index (χ0n) is 19.1. The molecule has 180 valence electrons. The molecular weight excluding hydrogens is 436 g/mol. The van der Waals surface area contributed by atoms with E-state index in [1.165, 1.54) is 6.92 Å². The molecule has 2 unspecified atom stereocenters. The Morgan fingerprint density at radius 1 is 1.06 bits per heavy atom. The molecule has 0 bridgehead atoms. The van der Waals surface area contributed by atoms with Crippen LogP contribution >= 0.6 is 0 Å². The van der Waals surface area contributed by atoms with Gasteiger partial charge in [0.25, 0.3) is 0 Å². The predicted octanol–water partition coefficient (Wildman–Crippen LogP) is 3.04. The minimum Gasteiger partial charge on any atom is -0.481 e. The predicted molar refractivity (Wildman–Crippen MR) is 125 cm³/mol. The fraction of sp³-hybridized carbons (Fsp3) is 0.423. The molecule has 2 aliphatic carbocycles. The number of benzene rings is 2. The first-order valence-corrected chi connectivity index (χ1v) is 11.6. The third-order valence-electron chi connectivity index (χ3n) is 6.70. The molecular formula is C26H30N2O6. The summed E-state index contributed by atoms with van der Waals surface area (Å²) in [6.45, 7) is 1.26. The molecule has 0 aromatic heterocycles. The van der Waals surface area contributed by atoms with Crippen molar-refractivity contribution in [1.29, 1.82) is 0 Å². The Hall–Kier alpha value is -3.39. The number of hydrogen-bond donors (Lipinski definition) is 4. The molecule has 1 fully saturated rings. The van der Waals surface area contributed by atoms with Gasteiger partial charge in [-0.15, -0.1) is 0 Å². The van der Waals surface area contributed by atoms with Crippen LogP contribution in [0.1, 0.15) is 49.7 Å². The van der Waals surface area contributed by atoms with Crippen LogP contribution in [-0.4, -0.2) is 53.0 Å². The van der Waals surface area contributed by atoms with Crippen LogP contribution in [0.2, 0.25) is 0 Å². The van der Waals surface area contributed by atoms with E-state index in [4.69, 9.17) is 9.84 Å². The Bertz CT molecular complexity index is 1030. The maximum atomic E-state index is 12.8. The fourth-order valence-electron chi connectivity index (χ4n) is 4.71. The molecule has 8 nitrogen and oxygen atoms in total. The van der Waals surface area contributed by atoms with Crippen LogP contribution in [0.15, 0.2) is 48.5 Å². The molecule has 0 spiro atoms. The summed E-state index contributed by atoms with van der Waals surface area (Å²) in [6.07, 6.45) is 1.39. The molecule has 8 heteroatoms. The third kappa shape index (κ3) is 5.22. The second-order valence-corrected chi connectivity index (χ2v) is 9.42. The van der Waals surface area contributed by atoms with Crippen LogP contribution < -0.4 is 10.6 Å². The van der Waals surface area contributed by atoms with E-state index >= 15 is 0 Å². The van der Waals surface area contributed by atoms with Gasteiger partial charge in [-0.1, -0.05) is 55.0 Å². The highest BCUT2D eigenvalue weighted by atomic mass is 16.5. The highest BCUT2D eigenvalue weighted by molar-refractivity contribution is 5.86. The molecule has 2 amide bonds. The largest absolute Gasteiger partial charge is 0.481 e. The minimum absolute atomic E-state index is 0.0232. The van der Waals surface area contributed by atoms with E-state index in [1.807, 2.05) is 36.4 Å². The Morgan fingerprint density at radius 2 is 1.65 bits per heavy atom. The number of carbonyl (C=O) groups excluding carboxylic acids is 2. The topological polar surface area (TPSA) is 125 Å². The van der Waals surface area contributed by atoms with Gasteiger partial charge in [0, 0.05) is 12.5 Å². The molecule has 0 saturated heterocycles. The molecule has 34 heavy (non-hydrogen) atoms. The maximum absolute atomic E-state index is 12.8. The zero-order chi connectivity index (χ0) is 24.3. The van der Waals surface area contributed by atoms with Crippen molar-refractivity contribution in [2.24, 2.45) is 5.92 Å². The minimum atomic E-state index is -1.59. The van der Waals surface area contributed by atoms with E-state index in [2.05, 4.69) is 22.8 Å². The van der Waals surface area contributed by atoms with Crippen molar-refractivity contribution < 1.29 is 29.3 Å². The first-order valence-electron chi connectivity index (χ1n) is 11.6. The SMILES string of the molecule is CC(O)(CNC(=O)C(NC(=O)OCC1c2ccccc2-c2ccccc21)C1CCC1)CC(=O)O. The maximum Gasteiger partial charge on any atom is 0.407 e. The molecule has 2 aliphatic rings. The molecule has 0 aliphatic heterocycles. The summed E-state index contributed by atoms with van der Waals surface area (Å²) in [5.74, 6) is -1.72. The average molecular weight is 467 g/mol. The molecule has 2 atom stereocenters. The number of carboxylic acids is 1. The standard InChI is InChI=1S/C26H30N2O6/c1-26(33,13-22(29)30)15-27-24(31)23(16-7-6-8-16)28-25(32)34-14-21-19-11-4-2-9-17(19)18-10-3-5-12-20(18)21/h2-5,9-12,16,21,23,33H,6-8,13-15H2,1H3,(H,27,31)(H,28,32)(H,29,30). The van der Waals surface area contributed by atoms with Crippen LogP contribution in [-0.2, 0) is 14.3 Å². The Labute approximate surface area is 198 Å². The van der Waals surface area contributed by atoms with Crippen LogP contribution in [0.25, 0.3) is 11.1 Å². The van der Waals surface area contributed by atoms with Crippen molar-refractivity contribution in [3.05, 3.63) is 59.7 Å². The quantitative estimate of drug-likeness (QED) is 0.450. The lowest BCUT2D eigenvalue weighted by atomic mass is 9.79. The number of ether oxygens (including phenoxy) is 1. The summed E-state index contributed by atoms with van der Waals surface area (Å²) in [7, 11) is 0. The average Bonchev–Trinajstić information content (AvgIpc) is 3.07. The van der Waals surface area contributed by atoms with Gasteiger partial charge in [-0.2, -0.15) is 0 Å². The van der Waals surface area contributed by atoms with E-state index in [9.17, 15) is 19.5 Å². The number of rotatable bonds is 9. The normalized spacial score (nSPS) is 17.5. The van der Waals surface area contributed by atoms with Gasteiger partial charge in [0.1, 0.15) is 12.6 Å². The number of aliphatic carboxylic acids is 1. The molecule has 2 aromatic rings. The molecule has 4 rings (SSSR count). The first kappa shape index (κ1) is 23.8. The zero-order valence-corrected chi connectivity index (χ0v) is 19.1. The second kappa shape index (κ2) is 9.85. The number of aliphatic hydroxyl groups is 1. The van der Waals surface area contributed by atoms with Gasteiger partial charge in [-0.05, 0) is 47.9 Å². The Morgan fingerprint density at radius 3 is 2.18 bits per heavy atom. The lowest BCUT2D eigenvalue weighted by Gasteiger charge is -2.33. The highest BCUT2D eigenvalue weighted by Gasteiger charge is 2.36. The number of hydrogen-bond acceptors (Lipinski definition) is 5. The van der Waals surface area contributed by atoms with E-state index in [-0.39, 0.29) is 25.0 Å². The van der Waals surface area contributed by atoms with Gasteiger partial charge in [0.05, 0.1) is 12.0 Å². The van der Waals surface area contributed by atoms with Crippen molar-refractivity contribution in [3.63, 3.8) is 0 Å². The monoisotopic (exact) mass is 466 g/mol. The van der Waals surface area contributed by atoms with E-state index in [0.717, 1.165) is 41.5 Å². The number of alkyl carbamates (subject to hydrolysis) is 1. The molecule has 0 radical (unpaired) electrons. The van der Waals surface area contributed by atoms with Gasteiger partial charge in [0.15, 0.2) is 0 Å². The van der Waals surface area contributed by atoms with Gasteiger partial charge < -0.3 is 25.6 Å². The van der Waals surface area contributed by atoms with E-state index in [1.54, 1.807) is 0 Å². The van der Waals surface area contributed by atoms with Crippen molar-refractivity contribution in [2.75, 3.05) is 13.2 Å². The lowest BCUT2D eigenvalue weighted by Crippen LogP contribution is -2.55. The first-order chi connectivity index (χ1) is 16.2. The van der Waals surface area contributed by atoms with Crippen LogP contribution in [0.3, 0.4) is 0 Å². The summed E-state index contributed by atoms with van der Waals surface area (Å²) in [5, 5.41) is 24.3. The van der Waals surface area contributed by atoms with Crippen LogP contribution in [0.4, 0.5) is 4.79 Å². The van der Waals surface area contributed by atoms with Gasteiger partial charge in [0.2, 0.25) is 5.91 Å². The van der Waals surface area contributed by atoms with E-state index in [0.29, 0.717) is 0 Å². The van der Waals surface area contributed by atoms with Crippen molar-refractivity contribution >= 4 is 18.0 Å². The summed E-state index contributed by atoms with van der Waals surface area (Å²) in [6, 6.07) is 15.3. The van der Waals surface area contributed by atoms with Gasteiger partial charge in [-0.3, -0.25) is 9.59 Å². The molecule has 0 heterocycles. The highest BCUT2D eigenvalue weighted by Crippen LogP contribution is 2.44. The summed E-state index contributed by atoms with van der Waals surface area (Å²) in [5.41, 5.74) is 2.88. The number of carbonyl (C=O) groups is 3. The van der Waals surface area contributed by atoms with Crippen molar-refractivity contribution in [1.82, 2.24) is 10.6 Å². The van der Waals surface area contributed by atoms with Gasteiger partial charge >= 0.3 is 12.1 Å². The summed E-state index contributed by atoms with van der Waals surface area (Å²) >= 11 is 0. The number of carboxylic acid groups (broad SMARTS) is 1. The Kier molecular flexibility index (Phi) is 6.88. The number of nitrogens with one attached hydrogen (secondary N) is 2. The van der Waals surface area contributed by atoms with E-state index < -0.39 is 36.0 Å². The van der Waals surface area contributed by atoms with Crippen molar-refractivity contribution in [2.45, 2.75) is 50.2 Å². The summed E-state index contributed by atoms with van der Waals surface area (Å²) in [4.78, 5) is 36.4. The number of fused-ring (bicyclic) bond motifs is 3. The Balaban J connectivity index is 1.38. The smallest absolute Gasteiger partial charge is 0.407 e. The second-order valence-electron chi connectivity index (χ2n) is 9.42. The summed E-state index contributed by atoms with van der Waals surface area (Å²) < 4.78 is 5.58. The van der Waals surface area contributed by atoms with Gasteiger partial charge in [-0.25, -0.2) is 4.79 Å². The number of amides is 2. The van der Waals surface area contributed by atoms with Crippen LogP contribution in [0.5, 0.6) is 0 Å². The van der Waals surface area contributed by atoms with Crippen LogP contribution in [0, 0.1) is 5.92 Å². The molecule has 4 N–H and O–H groups in total.